The number of rotatable bonds is 7. The first-order valence-corrected chi connectivity index (χ1v) is 7.98. The van der Waals surface area contributed by atoms with Crippen LogP contribution in [0, 0.1) is 0 Å². The number of nitrogens with one attached hydrogen (secondary N) is 1. The molecule has 0 aliphatic rings. The predicted molar refractivity (Wildman–Crippen MR) is 103 cm³/mol. The molecule has 0 aliphatic carbocycles. The summed E-state index contributed by atoms with van der Waals surface area (Å²) in [6.45, 7) is 0.803. The van der Waals surface area contributed by atoms with Crippen LogP contribution in [0.5, 0.6) is 5.75 Å². The van der Waals surface area contributed by atoms with Gasteiger partial charge >= 0.3 is 0 Å². The van der Waals surface area contributed by atoms with E-state index >= 15 is 0 Å². The first-order chi connectivity index (χ1) is 12.0. The molecule has 2 rings (SSSR count). The van der Waals surface area contributed by atoms with E-state index in [0.717, 1.165) is 11.1 Å². The fraction of sp³-hybridized carbons (Fsp3) is 0.263. The molecule has 0 saturated heterocycles. The van der Waals surface area contributed by atoms with E-state index in [1.807, 2.05) is 24.3 Å². The fourth-order valence-electron chi connectivity index (χ4n) is 2.10. The van der Waals surface area contributed by atoms with Gasteiger partial charge in [-0.05, 0) is 35.4 Å². The maximum absolute atomic E-state index is 12.2. The molecule has 0 heterocycles. The Morgan fingerprint density at radius 1 is 1.08 bits per heavy atom. The molecule has 7 heteroatoms. The number of nitrogens with two attached hydrogens (primary N) is 1. The van der Waals surface area contributed by atoms with Gasteiger partial charge in [-0.15, -0.1) is 12.4 Å². The lowest BCUT2D eigenvalue weighted by Crippen LogP contribution is -2.27. The molecule has 0 unspecified atom stereocenters. The average Bonchev–Trinajstić information content (AvgIpc) is 2.64. The molecule has 3 N–H and O–H groups in total. The number of hydrogen-bond donors (Lipinski definition) is 2. The zero-order chi connectivity index (χ0) is 18.2. The molecule has 0 spiro atoms. The highest BCUT2D eigenvalue weighted by Gasteiger charge is 2.07. The fourth-order valence-corrected chi connectivity index (χ4v) is 2.10. The third kappa shape index (κ3) is 6.38. The molecular weight excluding hydrogens is 354 g/mol. The minimum absolute atomic E-state index is 0. The third-order valence-electron chi connectivity index (χ3n) is 3.66. The second kappa shape index (κ2) is 10.4. The lowest BCUT2D eigenvalue weighted by Gasteiger charge is -2.12. The summed E-state index contributed by atoms with van der Waals surface area (Å²) in [5.41, 5.74) is 8.00. The Morgan fingerprint density at radius 2 is 1.77 bits per heavy atom. The van der Waals surface area contributed by atoms with Crippen LogP contribution in [0.25, 0.3) is 0 Å². The number of carbonyl (C=O) groups excluding carboxylic acids is 2. The van der Waals surface area contributed by atoms with Crippen LogP contribution >= 0.6 is 12.4 Å². The standard InChI is InChI=1S/C19H23N3O3.ClH/c1-22(2)18(23)13-25-17-5-3-4-15(10-17)12-21-19(24)16-8-6-14(11-20)7-9-16;/h3-10H,11-13,20H2,1-2H3,(H,21,24);1H. The molecule has 0 aliphatic heterocycles. The van der Waals surface area contributed by atoms with Crippen LogP contribution < -0.4 is 15.8 Å². The lowest BCUT2D eigenvalue weighted by atomic mass is 10.1. The van der Waals surface area contributed by atoms with Crippen molar-refractivity contribution < 1.29 is 14.3 Å². The van der Waals surface area contributed by atoms with Crippen molar-refractivity contribution in [3.8, 4) is 5.75 Å². The van der Waals surface area contributed by atoms with E-state index in [4.69, 9.17) is 10.5 Å². The van der Waals surface area contributed by atoms with Crippen LogP contribution in [-0.2, 0) is 17.9 Å². The third-order valence-corrected chi connectivity index (χ3v) is 3.66. The molecule has 0 bridgehead atoms. The van der Waals surface area contributed by atoms with Gasteiger partial charge < -0.3 is 20.7 Å². The number of hydrogen-bond acceptors (Lipinski definition) is 4. The van der Waals surface area contributed by atoms with Gasteiger partial charge in [0.15, 0.2) is 6.61 Å². The topological polar surface area (TPSA) is 84.7 Å². The van der Waals surface area contributed by atoms with Crippen LogP contribution in [-0.4, -0.2) is 37.4 Å². The molecule has 26 heavy (non-hydrogen) atoms. The molecule has 0 fully saturated rings. The number of nitrogens with zero attached hydrogens (tertiary/aromatic N) is 1. The maximum atomic E-state index is 12.2. The van der Waals surface area contributed by atoms with E-state index in [9.17, 15) is 9.59 Å². The van der Waals surface area contributed by atoms with E-state index in [0.29, 0.717) is 24.4 Å². The van der Waals surface area contributed by atoms with Crippen molar-refractivity contribution in [2.75, 3.05) is 20.7 Å². The number of halogens is 1. The summed E-state index contributed by atoms with van der Waals surface area (Å²) in [5, 5.41) is 2.86. The number of benzene rings is 2. The quantitative estimate of drug-likeness (QED) is 0.772. The summed E-state index contributed by atoms with van der Waals surface area (Å²) in [6, 6.07) is 14.5. The van der Waals surface area contributed by atoms with Crippen LogP contribution in [0.2, 0.25) is 0 Å². The van der Waals surface area contributed by atoms with Crippen molar-refractivity contribution in [3.05, 3.63) is 65.2 Å². The highest BCUT2D eigenvalue weighted by molar-refractivity contribution is 5.94. The second-order valence-corrected chi connectivity index (χ2v) is 5.81. The van der Waals surface area contributed by atoms with Gasteiger partial charge in [-0.2, -0.15) is 0 Å². The highest BCUT2D eigenvalue weighted by Crippen LogP contribution is 2.13. The molecule has 2 aromatic rings. The minimum Gasteiger partial charge on any atom is -0.484 e. The van der Waals surface area contributed by atoms with Crippen molar-refractivity contribution in [3.63, 3.8) is 0 Å². The van der Waals surface area contributed by atoms with Gasteiger partial charge in [0.2, 0.25) is 0 Å². The lowest BCUT2D eigenvalue weighted by molar-refractivity contribution is -0.130. The summed E-state index contributed by atoms with van der Waals surface area (Å²) < 4.78 is 5.47. The van der Waals surface area contributed by atoms with Gasteiger partial charge in [-0.25, -0.2) is 0 Å². The monoisotopic (exact) mass is 377 g/mol. The molecule has 0 radical (unpaired) electrons. The zero-order valence-corrected chi connectivity index (χ0v) is 15.7. The first kappa shape index (κ1) is 21.5. The van der Waals surface area contributed by atoms with Gasteiger partial charge in [0.1, 0.15) is 5.75 Å². The second-order valence-electron chi connectivity index (χ2n) is 5.81. The summed E-state index contributed by atoms with van der Waals surface area (Å²) >= 11 is 0. The minimum atomic E-state index is -0.155. The molecule has 0 aromatic heterocycles. The SMILES string of the molecule is CN(C)C(=O)COc1cccc(CNC(=O)c2ccc(CN)cc2)c1.Cl. The van der Waals surface area contributed by atoms with E-state index in [1.165, 1.54) is 4.90 Å². The Kier molecular flexibility index (Phi) is 8.61. The Bertz CT molecular complexity index is 733. The van der Waals surface area contributed by atoms with E-state index in [-0.39, 0.29) is 30.8 Å². The predicted octanol–water partition coefficient (Wildman–Crippen LogP) is 1.96. The van der Waals surface area contributed by atoms with Crippen LogP contribution in [0.1, 0.15) is 21.5 Å². The summed E-state index contributed by atoms with van der Waals surface area (Å²) in [4.78, 5) is 25.2. The van der Waals surface area contributed by atoms with Gasteiger partial charge in [0, 0.05) is 32.7 Å². The van der Waals surface area contributed by atoms with Crippen molar-refractivity contribution in [2.45, 2.75) is 13.1 Å². The Balaban J connectivity index is 0.00000338. The number of ether oxygens (including phenoxy) is 1. The highest BCUT2D eigenvalue weighted by atomic mass is 35.5. The van der Waals surface area contributed by atoms with Gasteiger partial charge in [0.25, 0.3) is 11.8 Å². The zero-order valence-electron chi connectivity index (χ0n) is 14.9. The largest absolute Gasteiger partial charge is 0.484 e. The van der Waals surface area contributed by atoms with Crippen molar-refractivity contribution >= 4 is 24.2 Å². The molecule has 6 nitrogen and oxygen atoms in total. The van der Waals surface area contributed by atoms with Crippen molar-refractivity contribution in [1.29, 1.82) is 0 Å². The van der Waals surface area contributed by atoms with Crippen LogP contribution in [0.4, 0.5) is 0 Å². The van der Waals surface area contributed by atoms with E-state index < -0.39 is 0 Å². The molecule has 2 aromatic carbocycles. The van der Waals surface area contributed by atoms with Gasteiger partial charge in [-0.1, -0.05) is 24.3 Å². The normalized spacial score (nSPS) is 9.81. The van der Waals surface area contributed by atoms with E-state index in [2.05, 4.69) is 5.32 Å². The van der Waals surface area contributed by atoms with Crippen LogP contribution in [0.15, 0.2) is 48.5 Å². The molecule has 2 amide bonds. The van der Waals surface area contributed by atoms with Crippen LogP contribution in [0.3, 0.4) is 0 Å². The first-order valence-electron chi connectivity index (χ1n) is 7.98. The number of amides is 2. The number of likely N-dealkylation sites (N-methyl/N-ethyl adjacent to an activating group) is 1. The summed E-state index contributed by atoms with van der Waals surface area (Å²) in [6.07, 6.45) is 0. The average molecular weight is 378 g/mol. The maximum Gasteiger partial charge on any atom is 0.259 e. The molecule has 0 atom stereocenters. The molecule has 0 saturated carbocycles. The van der Waals surface area contributed by atoms with Gasteiger partial charge in [0.05, 0.1) is 0 Å². The summed E-state index contributed by atoms with van der Waals surface area (Å²) in [7, 11) is 3.36. The Morgan fingerprint density at radius 3 is 2.38 bits per heavy atom. The molecular formula is C19H24ClN3O3. The Hall–Kier alpha value is -2.57. The van der Waals surface area contributed by atoms with Gasteiger partial charge in [-0.3, -0.25) is 9.59 Å². The Labute approximate surface area is 159 Å². The molecule has 140 valence electrons. The summed E-state index contributed by atoms with van der Waals surface area (Å²) in [5.74, 6) is 0.326. The van der Waals surface area contributed by atoms with Crippen molar-refractivity contribution in [2.24, 2.45) is 5.73 Å². The smallest absolute Gasteiger partial charge is 0.259 e. The number of carbonyl (C=O) groups is 2. The van der Waals surface area contributed by atoms with E-state index in [1.54, 1.807) is 38.4 Å². The van der Waals surface area contributed by atoms with Crippen molar-refractivity contribution in [1.82, 2.24) is 10.2 Å².